The fraction of sp³-hybridized carbons (Fsp3) is 0.364. The molecule has 54 heavy (non-hydrogen) atoms. The van der Waals surface area contributed by atoms with E-state index in [1.54, 1.807) is 65.8 Å². The maximum absolute atomic E-state index is 12.9. The molecule has 4 aromatic rings. The Hall–Kier alpha value is -5.01. The number of ether oxygens (including phenoxy) is 2. The Labute approximate surface area is 321 Å². The largest absolute Gasteiger partial charge is 0.444 e. The summed E-state index contributed by atoms with van der Waals surface area (Å²) in [5.41, 5.74) is -0.638. The lowest BCUT2D eigenvalue weighted by atomic mass is 9.96. The highest BCUT2D eigenvalue weighted by atomic mass is 31.1. The van der Waals surface area contributed by atoms with Gasteiger partial charge < -0.3 is 20.1 Å². The number of carbonyl (C=O) groups excluding carboxylic acids is 4. The third kappa shape index (κ3) is 12.6. The van der Waals surface area contributed by atoms with Gasteiger partial charge in [0.1, 0.15) is 11.2 Å². The zero-order valence-electron chi connectivity index (χ0n) is 32.7. The van der Waals surface area contributed by atoms with Crippen molar-refractivity contribution < 1.29 is 28.7 Å². The van der Waals surface area contributed by atoms with Crippen molar-refractivity contribution in [3.63, 3.8) is 0 Å². The molecule has 0 bridgehead atoms. The van der Waals surface area contributed by atoms with E-state index in [-0.39, 0.29) is 18.5 Å². The molecule has 0 spiro atoms. The lowest BCUT2D eigenvalue weighted by molar-refractivity contribution is 0.0445. The molecule has 4 amide bonds. The Balaban J connectivity index is 0.000000284. The van der Waals surface area contributed by atoms with Gasteiger partial charge in [0.2, 0.25) is 0 Å². The van der Waals surface area contributed by atoms with Crippen molar-refractivity contribution in [2.45, 2.75) is 91.5 Å². The molecule has 286 valence electrons. The summed E-state index contributed by atoms with van der Waals surface area (Å²) in [6.45, 7) is 14.6. The van der Waals surface area contributed by atoms with E-state index >= 15 is 0 Å². The summed E-state index contributed by atoms with van der Waals surface area (Å²) < 4.78 is 10.8. The zero-order valence-corrected chi connectivity index (χ0v) is 33.6. The van der Waals surface area contributed by atoms with Crippen LogP contribution in [0, 0.1) is 5.92 Å². The molecular formula is C44H54N3O6P. The normalized spacial score (nSPS) is 13.8. The summed E-state index contributed by atoms with van der Waals surface area (Å²) in [6, 6.07) is 38.2. The second kappa shape index (κ2) is 18.8. The Morgan fingerprint density at radius 1 is 0.593 bits per heavy atom. The quantitative estimate of drug-likeness (QED) is 0.119. The summed E-state index contributed by atoms with van der Waals surface area (Å²) in [7, 11) is -0.446. The summed E-state index contributed by atoms with van der Waals surface area (Å²) in [4.78, 5) is 51.7. The Kier molecular flexibility index (Phi) is 14.6. The number of fused-ring (bicyclic) bond motifs is 1. The number of carbonyl (C=O) groups is 4. The number of nitrogens with one attached hydrogen (secondary N) is 2. The summed E-state index contributed by atoms with van der Waals surface area (Å²) in [5.74, 6) is -0.702. The van der Waals surface area contributed by atoms with Crippen LogP contribution in [0.3, 0.4) is 0 Å². The van der Waals surface area contributed by atoms with Crippen molar-refractivity contribution >= 4 is 47.8 Å². The Bertz CT molecular complexity index is 1710. The molecule has 2 N–H and O–H groups in total. The van der Waals surface area contributed by atoms with Crippen molar-refractivity contribution in [2.75, 3.05) is 6.54 Å². The van der Waals surface area contributed by atoms with E-state index in [2.05, 4.69) is 102 Å². The molecule has 0 fully saturated rings. The summed E-state index contributed by atoms with van der Waals surface area (Å²) in [6.07, 6.45) is -0.278. The number of benzene rings is 4. The third-order valence-corrected chi connectivity index (χ3v) is 10.8. The van der Waals surface area contributed by atoms with Crippen LogP contribution in [0.2, 0.25) is 0 Å². The van der Waals surface area contributed by atoms with Crippen LogP contribution >= 0.6 is 7.92 Å². The van der Waals surface area contributed by atoms with Gasteiger partial charge in [-0.15, -0.1) is 0 Å². The molecule has 1 aliphatic rings. The molecular weight excluding hydrogens is 697 g/mol. The first-order valence-electron chi connectivity index (χ1n) is 18.4. The van der Waals surface area contributed by atoms with Gasteiger partial charge in [0, 0.05) is 12.6 Å². The molecule has 2 atom stereocenters. The number of hydrogen-bond acceptors (Lipinski definition) is 6. The van der Waals surface area contributed by atoms with Crippen LogP contribution in [0.25, 0.3) is 0 Å². The lowest BCUT2D eigenvalue weighted by Gasteiger charge is -2.29. The van der Waals surface area contributed by atoms with Gasteiger partial charge in [-0.25, -0.2) is 9.59 Å². The maximum Gasteiger partial charge on any atom is 0.407 e. The van der Waals surface area contributed by atoms with E-state index in [0.717, 1.165) is 4.90 Å². The number of nitrogens with zero attached hydrogens (tertiary/aromatic N) is 1. The van der Waals surface area contributed by atoms with Crippen molar-refractivity contribution in [1.82, 2.24) is 15.5 Å². The van der Waals surface area contributed by atoms with E-state index in [4.69, 9.17) is 9.47 Å². The predicted molar refractivity (Wildman–Crippen MR) is 217 cm³/mol. The van der Waals surface area contributed by atoms with Crippen LogP contribution in [0.4, 0.5) is 9.59 Å². The van der Waals surface area contributed by atoms with Gasteiger partial charge in [0.15, 0.2) is 0 Å². The van der Waals surface area contributed by atoms with Gasteiger partial charge in [-0.2, -0.15) is 0 Å². The Morgan fingerprint density at radius 2 is 0.963 bits per heavy atom. The Morgan fingerprint density at radius 3 is 1.33 bits per heavy atom. The third-order valence-electron chi connectivity index (χ3n) is 8.38. The van der Waals surface area contributed by atoms with Gasteiger partial charge >= 0.3 is 12.2 Å². The highest BCUT2D eigenvalue weighted by Gasteiger charge is 2.37. The monoisotopic (exact) mass is 751 g/mol. The van der Waals surface area contributed by atoms with Crippen LogP contribution in [-0.4, -0.2) is 58.7 Å². The molecule has 0 radical (unpaired) electrons. The summed E-state index contributed by atoms with van der Waals surface area (Å²) >= 11 is 0. The second-order valence-corrected chi connectivity index (χ2v) is 17.7. The van der Waals surface area contributed by atoms with E-state index in [0.29, 0.717) is 24.0 Å². The number of alkyl carbamates (subject to hydrolysis) is 2. The average molecular weight is 752 g/mol. The van der Waals surface area contributed by atoms with Crippen LogP contribution in [0.15, 0.2) is 115 Å². The van der Waals surface area contributed by atoms with E-state index in [9.17, 15) is 19.2 Å². The molecule has 4 aromatic carbocycles. The summed E-state index contributed by atoms with van der Waals surface area (Å²) in [5, 5.41) is 9.89. The molecule has 0 aliphatic carbocycles. The predicted octanol–water partition coefficient (Wildman–Crippen LogP) is 7.95. The molecule has 1 unspecified atom stereocenters. The fourth-order valence-corrected chi connectivity index (χ4v) is 8.20. The number of amides is 4. The van der Waals surface area contributed by atoms with Crippen LogP contribution < -0.4 is 26.5 Å². The molecule has 10 heteroatoms. The van der Waals surface area contributed by atoms with Crippen molar-refractivity contribution in [3.05, 3.63) is 126 Å². The van der Waals surface area contributed by atoms with Gasteiger partial charge in [-0.05, 0) is 96.3 Å². The number of hydrogen-bond donors (Lipinski definition) is 2. The second-order valence-electron chi connectivity index (χ2n) is 15.5. The van der Waals surface area contributed by atoms with Crippen LogP contribution in [0.5, 0.6) is 0 Å². The topological polar surface area (TPSA) is 114 Å². The van der Waals surface area contributed by atoms with Crippen LogP contribution in [-0.2, 0) is 9.47 Å². The molecule has 1 heterocycles. The van der Waals surface area contributed by atoms with E-state index in [1.165, 1.54) is 15.9 Å². The first-order valence-corrected chi connectivity index (χ1v) is 19.8. The zero-order chi connectivity index (χ0) is 39.5. The van der Waals surface area contributed by atoms with Crippen LogP contribution in [0.1, 0.15) is 88.9 Å². The first kappa shape index (κ1) is 41.7. The average Bonchev–Trinajstić information content (AvgIpc) is 3.35. The molecule has 9 nitrogen and oxygen atoms in total. The van der Waals surface area contributed by atoms with Gasteiger partial charge in [0.05, 0.1) is 17.2 Å². The molecule has 0 aromatic heterocycles. The van der Waals surface area contributed by atoms with Gasteiger partial charge in [-0.1, -0.05) is 117 Å². The number of rotatable bonds is 11. The lowest BCUT2D eigenvalue weighted by Crippen LogP contribution is -2.48. The number of imide groups is 1. The van der Waals surface area contributed by atoms with Crippen molar-refractivity contribution in [2.24, 2.45) is 5.92 Å². The highest BCUT2D eigenvalue weighted by Crippen LogP contribution is 2.32. The fourth-order valence-electron chi connectivity index (χ4n) is 5.90. The standard InChI is InChI=1S/C26H39N3O6.C18H15P/c1-16(2)20(28-24(33)35-26(6,7)8)14-13-17(27-23(32)34-25(3,4)5)15-29-21(30)18-11-9-10-12-19(18)22(29)31;1-4-10-16(11-5-1)19(17-12-6-2-7-13-17)18-14-8-3-9-15-18/h9-12,16-17,20H,13-15H2,1-8H3,(H,27,32)(H,28,33);1-15H/t17-,20?;/m0./s1. The van der Waals surface area contributed by atoms with Gasteiger partial charge in [-0.3, -0.25) is 14.5 Å². The SMILES string of the molecule is CC(C)C(CC[C@@H](CN1C(=O)c2ccccc2C1=O)NC(=O)OC(C)(C)C)NC(=O)OC(C)(C)C.c1ccc(P(c2ccccc2)c2ccccc2)cc1. The minimum Gasteiger partial charge on any atom is -0.444 e. The highest BCUT2D eigenvalue weighted by molar-refractivity contribution is 7.79. The van der Waals surface area contributed by atoms with E-state index in [1.807, 2.05) is 13.8 Å². The van der Waals surface area contributed by atoms with Crippen molar-refractivity contribution in [1.29, 1.82) is 0 Å². The van der Waals surface area contributed by atoms with Gasteiger partial charge in [0.25, 0.3) is 11.8 Å². The molecule has 5 rings (SSSR count). The smallest absolute Gasteiger partial charge is 0.407 e. The molecule has 0 saturated carbocycles. The van der Waals surface area contributed by atoms with Crippen molar-refractivity contribution in [3.8, 4) is 0 Å². The molecule has 1 aliphatic heterocycles. The molecule has 0 saturated heterocycles. The minimum absolute atomic E-state index is 0.0111. The maximum atomic E-state index is 12.9. The minimum atomic E-state index is -0.705. The first-order chi connectivity index (χ1) is 25.5. The van der Waals surface area contributed by atoms with E-state index < -0.39 is 49.2 Å².